The maximum atomic E-state index is 13.2. The van der Waals surface area contributed by atoms with Crippen LogP contribution in [0.15, 0.2) is 18.2 Å². The van der Waals surface area contributed by atoms with Gasteiger partial charge in [-0.05, 0) is 30.7 Å². The van der Waals surface area contributed by atoms with E-state index in [1.54, 1.807) is 0 Å². The largest absolute Gasteiger partial charge is 0.469 e. The molecule has 2 atom stereocenters. The summed E-state index contributed by atoms with van der Waals surface area (Å²) >= 11 is 0. The lowest BCUT2D eigenvalue weighted by Crippen LogP contribution is -2.39. The molecule has 0 unspecified atom stereocenters. The van der Waals surface area contributed by atoms with Gasteiger partial charge in [-0.15, -0.1) is 0 Å². The van der Waals surface area contributed by atoms with Crippen molar-refractivity contribution in [3.05, 3.63) is 35.4 Å². The molecule has 3 nitrogen and oxygen atoms in total. The van der Waals surface area contributed by atoms with E-state index in [0.717, 1.165) is 6.07 Å². The molecule has 0 bridgehead atoms. The van der Waals surface area contributed by atoms with E-state index in [1.807, 2.05) is 0 Å². The topological polar surface area (TPSA) is 38.3 Å². The van der Waals surface area contributed by atoms with Gasteiger partial charge in [0.05, 0.1) is 13.0 Å². The van der Waals surface area contributed by atoms with Crippen LogP contribution < -0.4 is 5.32 Å². The van der Waals surface area contributed by atoms with Crippen LogP contribution in [0.2, 0.25) is 0 Å². The predicted octanol–water partition coefficient (Wildman–Crippen LogP) is 1.83. The van der Waals surface area contributed by atoms with Gasteiger partial charge in [0.25, 0.3) is 0 Å². The summed E-state index contributed by atoms with van der Waals surface area (Å²) in [6.45, 7) is 1.22. The fourth-order valence-electron chi connectivity index (χ4n) is 2.43. The van der Waals surface area contributed by atoms with E-state index in [-0.39, 0.29) is 17.8 Å². The number of nitrogens with one attached hydrogen (secondary N) is 1. The molecule has 0 spiro atoms. The van der Waals surface area contributed by atoms with Crippen molar-refractivity contribution in [2.24, 2.45) is 5.92 Å². The minimum Gasteiger partial charge on any atom is -0.469 e. The van der Waals surface area contributed by atoms with Crippen LogP contribution in [0.25, 0.3) is 0 Å². The Morgan fingerprint density at radius 3 is 2.61 bits per heavy atom. The van der Waals surface area contributed by atoms with Gasteiger partial charge in [-0.25, -0.2) is 8.78 Å². The minimum absolute atomic E-state index is 0.253. The third kappa shape index (κ3) is 2.67. The van der Waals surface area contributed by atoms with E-state index in [2.05, 4.69) is 5.32 Å². The van der Waals surface area contributed by atoms with E-state index in [1.165, 1.54) is 19.2 Å². The van der Waals surface area contributed by atoms with Gasteiger partial charge in [-0.1, -0.05) is 0 Å². The molecule has 1 N–H and O–H groups in total. The number of rotatable bonds is 2. The molecule has 1 aromatic rings. The van der Waals surface area contributed by atoms with Crippen LogP contribution in [0.4, 0.5) is 8.78 Å². The second-order valence-corrected chi connectivity index (χ2v) is 4.43. The summed E-state index contributed by atoms with van der Waals surface area (Å²) < 4.78 is 31.2. The molecule has 1 aliphatic rings. The molecule has 1 aliphatic heterocycles. The molecule has 0 saturated carbocycles. The minimum atomic E-state index is -0.626. The molecule has 0 aromatic heterocycles. The summed E-state index contributed by atoms with van der Waals surface area (Å²) in [5, 5.41) is 3.13. The molecule has 1 aromatic carbocycles. The van der Waals surface area contributed by atoms with Crippen molar-refractivity contribution in [1.29, 1.82) is 0 Å². The highest BCUT2D eigenvalue weighted by molar-refractivity contribution is 5.73. The van der Waals surface area contributed by atoms with Gasteiger partial charge < -0.3 is 10.1 Å². The summed E-state index contributed by atoms with van der Waals surface area (Å²) in [5.41, 5.74) is 0.495. The number of esters is 1. The van der Waals surface area contributed by atoms with Crippen LogP contribution in [0.5, 0.6) is 0 Å². The van der Waals surface area contributed by atoms with Gasteiger partial charge in [-0.2, -0.15) is 0 Å². The smallest absolute Gasteiger partial charge is 0.309 e. The van der Waals surface area contributed by atoms with Crippen molar-refractivity contribution in [3.8, 4) is 0 Å². The molecular weight excluding hydrogens is 240 g/mol. The van der Waals surface area contributed by atoms with Gasteiger partial charge in [0, 0.05) is 18.5 Å². The number of hydrogen-bond acceptors (Lipinski definition) is 3. The number of piperidine rings is 1. The second-order valence-electron chi connectivity index (χ2n) is 4.43. The number of benzene rings is 1. The van der Waals surface area contributed by atoms with Gasteiger partial charge in [-0.3, -0.25) is 4.79 Å². The van der Waals surface area contributed by atoms with Crippen molar-refractivity contribution in [2.45, 2.75) is 12.3 Å². The molecular formula is C13H15F2NO2. The second kappa shape index (κ2) is 5.44. The van der Waals surface area contributed by atoms with E-state index < -0.39 is 11.6 Å². The van der Waals surface area contributed by atoms with E-state index in [4.69, 9.17) is 4.74 Å². The normalized spacial score (nSPS) is 23.7. The van der Waals surface area contributed by atoms with Gasteiger partial charge in [0.2, 0.25) is 0 Å². The maximum absolute atomic E-state index is 13.2. The average molecular weight is 255 g/mol. The van der Waals surface area contributed by atoms with Crippen molar-refractivity contribution in [2.75, 3.05) is 20.2 Å². The van der Waals surface area contributed by atoms with Gasteiger partial charge >= 0.3 is 5.97 Å². The molecule has 5 heteroatoms. The SMILES string of the molecule is COC(=O)[C@H]1CCNC[C@@H]1c1cc(F)cc(F)c1. The van der Waals surface area contributed by atoms with E-state index in [0.29, 0.717) is 25.1 Å². The first-order valence-corrected chi connectivity index (χ1v) is 5.86. The molecule has 0 radical (unpaired) electrons. The Morgan fingerprint density at radius 2 is 2.00 bits per heavy atom. The summed E-state index contributed by atoms with van der Waals surface area (Å²) in [4.78, 5) is 11.7. The Hall–Kier alpha value is -1.49. The molecule has 2 rings (SSSR count). The van der Waals surface area contributed by atoms with Crippen molar-refractivity contribution in [3.63, 3.8) is 0 Å². The Kier molecular flexibility index (Phi) is 3.91. The standard InChI is InChI=1S/C13H15F2NO2/c1-18-13(17)11-2-3-16-7-12(11)8-4-9(14)6-10(15)5-8/h4-6,11-12,16H,2-3,7H2,1H3/t11-,12+/m0/s1. The summed E-state index contributed by atoms with van der Waals surface area (Å²) in [6, 6.07) is 3.38. The highest BCUT2D eigenvalue weighted by Gasteiger charge is 2.33. The summed E-state index contributed by atoms with van der Waals surface area (Å²) in [5.74, 6) is -2.18. The number of carbonyl (C=O) groups is 1. The lowest BCUT2D eigenvalue weighted by atomic mass is 9.81. The summed E-state index contributed by atoms with van der Waals surface area (Å²) in [6.07, 6.45) is 0.607. The van der Waals surface area contributed by atoms with Crippen LogP contribution in [0, 0.1) is 17.6 Å². The van der Waals surface area contributed by atoms with E-state index in [9.17, 15) is 13.6 Å². The molecule has 0 amide bonds. The van der Waals surface area contributed by atoms with Crippen LogP contribution in [0.3, 0.4) is 0 Å². The Morgan fingerprint density at radius 1 is 1.33 bits per heavy atom. The van der Waals surface area contributed by atoms with Crippen molar-refractivity contribution >= 4 is 5.97 Å². The first-order chi connectivity index (χ1) is 8.61. The van der Waals surface area contributed by atoms with Gasteiger partial charge in [0.1, 0.15) is 11.6 Å². The third-order valence-corrected chi connectivity index (χ3v) is 3.30. The molecule has 1 heterocycles. The van der Waals surface area contributed by atoms with Crippen LogP contribution in [-0.4, -0.2) is 26.2 Å². The lowest BCUT2D eigenvalue weighted by molar-refractivity contribution is -0.147. The zero-order valence-electron chi connectivity index (χ0n) is 10.1. The highest BCUT2D eigenvalue weighted by Crippen LogP contribution is 2.31. The van der Waals surface area contributed by atoms with Crippen molar-refractivity contribution in [1.82, 2.24) is 5.32 Å². The molecule has 1 saturated heterocycles. The fraction of sp³-hybridized carbons (Fsp3) is 0.462. The molecule has 18 heavy (non-hydrogen) atoms. The molecule has 0 aliphatic carbocycles. The quantitative estimate of drug-likeness (QED) is 0.819. The highest BCUT2D eigenvalue weighted by atomic mass is 19.1. The van der Waals surface area contributed by atoms with E-state index >= 15 is 0 Å². The van der Waals surface area contributed by atoms with Crippen LogP contribution in [0.1, 0.15) is 17.9 Å². The molecule has 98 valence electrons. The fourth-order valence-corrected chi connectivity index (χ4v) is 2.43. The van der Waals surface area contributed by atoms with Crippen LogP contribution in [-0.2, 0) is 9.53 Å². The zero-order valence-corrected chi connectivity index (χ0v) is 10.1. The number of halogens is 2. The maximum Gasteiger partial charge on any atom is 0.309 e. The van der Waals surface area contributed by atoms with Crippen molar-refractivity contribution < 1.29 is 18.3 Å². The first kappa shape index (κ1) is 13.0. The molecule has 1 fully saturated rings. The first-order valence-electron chi connectivity index (χ1n) is 5.86. The number of hydrogen-bond donors (Lipinski definition) is 1. The zero-order chi connectivity index (χ0) is 13.1. The van der Waals surface area contributed by atoms with Gasteiger partial charge in [0.15, 0.2) is 0 Å². The Balaban J connectivity index is 2.30. The van der Waals surface area contributed by atoms with Crippen LogP contribution >= 0.6 is 0 Å². The average Bonchev–Trinajstić information content (AvgIpc) is 2.36. The monoisotopic (exact) mass is 255 g/mol. The Labute approximate surface area is 104 Å². The lowest BCUT2D eigenvalue weighted by Gasteiger charge is -2.30. The number of ether oxygens (including phenoxy) is 1. The number of carbonyl (C=O) groups excluding carboxylic acids is 1. The number of methoxy groups -OCH3 is 1. The Bertz CT molecular complexity index is 430. The predicted molar refractivity (Wildman–Crippen MR) is 62.1 cm³/mol. The summed E-state index contributed by atoms with van der Waals surface area (Å²) in [7, 11) is 1.33. The third-order valence-electron chi connectivity index (χ3n) is 3.30.